The lowest BCUT2D eigenvalue weighted by Gasteiger charge is -2.17. The highest BCUT2D eigenvalue weighted by Crippen LogP contribution is 2.44. The largest absolute Gasteiger partial charge is 0.459 e. The summed E-state index contributed by atoms with van der Waals surface area (Å²) in [5.41, 5.74) is 5.80. The van der Waals surface area contributed by atoms with E-state index in [0.29, 0.717) is 11.1 Å². The van der Waals surface area contributed by atoms with Crippen LogP contribution in [0, 0.1) is 0 Å². The number of esters is 2. The van der Waals surface area contributed by atoms with Gasteiger partial charge >= 0.3 is 18.0 Å². The normalized spacial score (nSPS) is 12.4. The third kappa shape index (κ3) is 6.55. The Kier molecular flexibility index (Phi) is 8.72. The number of amides is 1. The minimum Gasteiger partial charge on any atom is -0.459 e. The molecule has 0 aromatic heterocycles. The van der Waals surface area contributed by atoms with Crippen LogP contribution in [-0.4, -0.2) is 43.1 Å². The molecule has 8 nitrogen and oxygen atoms in total. The fourth-order valence-electron chi connectivity index (χ4n) is 4.81. The van der Waals surface area contributed by atoms with Crippen LogP contribution in [0.1, 0.15) is 50.2 Å². The van der Waals surface area contributed by atoms with E-state index in [1.807, 2.05) is 36.4 Å². The van der Waals surface area contributed by atoms with E-state index in [0.717, 1.165) is 22.3 Å². The Bertz CT molecular complexity index is 1550. The average molecular weight is 564 g/mol. The molecular formula is C34H29NO7. The number of carbonyl (C=O) groups excluding carboxylic acids is 4. The summed E-state index contributed by atoms with van der Waals surface area (Å²) in [6.45, 7) is 1.23. The quantitative estimate of drug-likeness (QED) is 0.150. The first-order chi connectivity index (χ1) is 20.4. The number of fused-ring (bicyclic) bond motifs is 3. The molecule has 0 spiro atoms. The van der Waals surface area contributed by atoms with Crippen molar-refractivity contribution in [3.63, 3.8) is 0 Å². The van der Waals surface area contributed by atoms with Crippen molar-refractivity contribution < 1.29 is 33.4 Å². The second kappa shape index (κ2) is 13.0. The fourth-order valence-corrected chi connectivity index (χ4v) is 4.81. The van der Waals surface area contributed by atoms with Crippen molar-refractivity contribution in [2.45, 2.75) is 25.5 Å². The summed E-state index contributed by atoms with van der Waals surface area (Å²) in [5.74, 6) is -1.65. The average Bonchev–Trinajstić information content (AvgIpc) is 3.35. The van der Waals surface area contributed by atoms with Crippen LogP contribution in [0.4, 0.5) is 4.79 Å². The molecule has 4 aromatic rings. The first-order valence-corrected chi connectivity index (χ1v) is 13.5. The van der Waals surface area contributed by atoms with Gasteiger partial charge in [-0.3, -0.25) is 4.79 Å². The molecule has 1 atom stereocenters. The van der Waals surface area contributed by atoms with E-state index < -0.39 is 24.1 Å². The number of rotatable bonds is 10. The highest BCUT2D eigenvalue weighted by Gasteiger charge is 2.29. The van der Waals surface area contributed by atoms with E-state index in [2.05, 4.69) is 17.4 Å². The van der Waals surface area contributed by atoms with E-state index in [9.17, 15) is 19.2 Å². The predicted octanol–water partition coefficient (Wildman–Crippen LogP) is 5.70. The number of hydrogen-bond acceptors (Lipinski definition) is 7. The summed E-state index contributed by atoms with van der Waals surface area (Å²) in [6.07, 6.45) is -0.713. The number of Topliss-reactive ketones (excluding diaryl/α,β-unsaturated/α-hetero) is 1. The topological polar surface area (TPSA) is 108 Å². The van der Waals surface area contributed by atoms with Gasteiger partial charge in [0.25, 0.3) is 0 Å². The maximum atomic E-state index is 12.5. The van der Waals surface area contributed by atoms with Gasteiger partial charge in [-0.25, -0.2) is 14.4 Å². The SMILES string of the molecule is C[C@H](NC(=O)OCC1c2ccccc2-c2ccccc21)C(=O)OCc1ccc(C(=O)OCC(=O)c2ccccc2)cc1. The minimum atomic E-state index is -0.933. The van der Waals surface area contributed by atoms with Gasteiger partial charge in [-0.05, 0) is 46.9 Å². The van der Waals surface area contributed by atoms with Crippen molar-refractivity contribution in [2.75, 3.05) is 13.2 Å². The number of hydrogen-bond donors (Lipinski definition) is 1. The molecule has 0 heterocycles. The van der Waals surface area contributed by atoms with E-state index in [-0.39, 0.29) is 37.1 Å². The molecule has 4 aromatic carbocycles. The van der Waals surface area contributed by atoms with Crippen molar-refractivity contribution in [1.29, 1.82) is 0 Å². The van der Waals surface area contributed by atoms with E-state index in [1.165, 1.54) is 19.1 Å². The van der Waals surface area contributed by atoms with Gasteiger partial charge in [0.05, 0.1) is 5.56 Å². The van der Waals surface area contributed by atoms with Crippen molar-refractivity contribution >= 4 is 23.8 Å². The molecule has 5 rings (SSSR count). The van der Waals surface area contributed by atoms with Gasteiger partial charge in [0.15, 0.2) is 12.4 Å². The van der Waals surface area contributed by atoms with Crippen LogP contribution >= 0.6 is 0 Å². The van der Waals surface area contributed by atoms with Gasteiger partial charge < -0.3 is 19.5 Å². The highest BCUT2D eigenvalue weighted by atomic mass is 16.6. The van der Waals surface area contributed by atoms with E-state index in [4.69, 9.17) is 14.2 Å². The zero-order valence-corrected chi connectivity index (χ0v) is 22.9. The van der Waals surface area contributed by atoms with E-state index in [1.54, 1.807) is 42.5 Å². The summed E-state index contributed by atoms with van der Waals surface area (Å²) < 4.78 is 15.9. The molecule has 8 heteroatoms. The maximum absolute atomic E-state index is 12.5. The zero-order valence-electron chi connectivity index (χ0n) is 22.9. The first kappa shape index (κ1) is 28.3. The molecule has 0 fully saturated rings. The smallest absolute Gasteiger partial charge is 0.407 e. The third-order valence-electron chi connectivity index (χ3n) is 7.03. The van der Waals surface area contributed by atoms with Crippen LogP contribution in [0.2, 0.25) is 0 Å². The van der Waals surface area contributed by atoms with Crippen LogP contribution in [-0.2, 0) is 25.6 Å². The number of benzene rings is 4. The summed E-state index contributed by atoms with van der Waals surface area (Å²) in [4.78, 5) is 49.4. The summed E-state index contributed by atoms with van der Waals surface area (Å²) >= 11 is 0. The maximum Gasteiger partial charge on any atom is 0.407 e. The Labute approximate surface area is 243 Å². The molecule has 0 unspecified atom stereocenters. The van der Waals surface area contributed by atoms with Crippen molar-refractivity contribution in [2.24, 2.45) is 0 Å². The lowest BCUT2D eigenvalue weighted by molar-refractivity contribution is -0.146. The monoisotopic (exact) mass is 563 g/mol. The lowest BCUT2D eigenvalue weighted by Crippen LogP contribution is -2.40. The molecule has 0 aliphatic heterocycles. The number of nitrogens with one attached hydrogen (secondary N) is 1. The Balaban J connectivity index is 1.06. The Morgan fingerprint density at radius 1 is 0.690 bits per heavy atom. The van der Waals surface area contributed by atoms with Gasteiger partial charge in [0.1, 0.15) is 19.3 Å². The molecule has 1 aliphatic rings. The molecular weight excluding hydrogens is 534 g/mol. The standard InChI is InChI=1S/C34H29NO7/c1-22(35-34(39)42-20-30-28-13-7-5-11-26(28)27-12-6-8-14-29(27)30)32(37)40-19-23-15-17-25(18-16-23)33(38)41-21-31(36)24-9-3-2-4-10-24/h2-18,22,30H,19-21H2,1H3,(H,35,39)/t22-/m0/s1. The van der Waals surface area contributed by atoms with Gasteiger partial charge in [0, 0.05) is 11.5 Å². The van der Waals surface area contributed by atoms with Crippen molar-refractivity contribution in [3.05, 3.63) is 131 Å². The predicted molar refractivity (Wildman–Crippen MR) is 155 cm³/mol. The van der Waals surface area contributed by atoms with Crippen molar-refractivity contribution in [3.8, 4) is 11.1 Å². The molecule has 1 aliphatic carbocycles. The first-order valence-electron chi connectivity index (χ1n) is 13.5. The van der Waals surface area contributed by atoms with Crippen LogP contribution in [0.15, 0.2) is 103 Å². The fraction of sp³-hybridized carbons (Fsp3) is 0.176. The third-order valence-corrected chi connectivity index (χ3v) is 7.03. The van der Waals surface area contributed by atoms with Crippen LogP contribution in [0.3, 0.4) is 0 Å². The molecule has 42 heavy (non-hydrogen) atoms. The molecule has 0 saturated carbocycles. The number of ether oxygens (including phenoxy) is 3. The number of alkyl carbamates (subject to hydrolysis) is 1. The lowest BCUT2D eigenvalue weighted by atomic mass is 9.98. The summed E-state index contributed by atoms with van der Waals surface area (Å²) in [5, 5.41) is 2.52. The number of carbonyl (C=O) groups is 4. The summed E-state index contributed by atoms with van der Waals surface area (Å²) in [7, 11) is 0. The molecule has 0 radical (unpaired) electrons. The van der Waals surface area contributed by atoms with Gasteiger partial charge in [0.2, 0.25) is 0 Å². The Morgan fingerprint density at radius 3 is 1.93 bits per heavy atom. The molecule has 0 bridgehead atoms. The molecule has 1 N–H and O–H groups in total. The minimum absolute atomic E-state index is 0.0582. The van der Waals surface area contributed by atoms with Crippen LogP contribution < -0.4 is 5.32 Å². The van der Waals surface area contributed by atoms with Gasteiger partial charge in [-0.15, -0.1) is 0 Å². The molecule has 212 valence electrons. The van der Waals surface area contributed by atoms with Gasteiger partial charge in [-0.2, -0.15) is 0 Å². The van der Waals surface area contributed by atoms with Crippen LogP contribution in [0.25, 0.3) is 11.1 Å². The molecule has 0 saturated heterocycles. The van der Waals surface area contributed by atoms with E-state index >= 15 is 0 Å². The Morgan fingerprint density at radius 2 is 1.29 bits per heavy atom. The Hall–Kier alpha value is -5.24. The summed E-state index contributed by atoms with van der Waals surface area (Å²) in [6, 6.07) is 30.0. The second-order valence-electron chi connectivity index (χ2n) is 9.86. The van der Waals surface area contributed by atoms with Crippen LogP contribution in [0.5, 0.6) is 0 Å². The number of ketones is 1. The van der Waals surface area contributed by atoms with Crippen molar-refractivity contribution in [1.82, 2.24) is 5.32 Å². The highest BCUT2D eigenvalue weighted by molar-refractivity contribution is 5.99. The second-order valence-corrected chi connectivity index (χ2v) is 9.86. The zero-order chi connectivity index (χ0) is 29.5. The molecule has 1 amide bonds. The van der Waals surface area contributed by atoms with Gasteiger partial charge in [-0.1, -0.05) is 91.0 Å².